The zero-order chi connectivity index (χ0) is 21.7. The number of hydrogen-bond acceptors (Lipinski definition) is 5. The van der Waals surface area contributed by atoms with Gasteiger partial charge in [0.05, 0.1) is 17.9 Å². The first kappa shape index (κ1) is 26.6. The summed E-state index contributed by atoms with van der Waals surface area (Å²) in [5, 5.41) is 3.26. The van der Waals surface area contributed by atoms with E-state index in [1.807, 2.05) is 26.8 Å². The largest absolute Gasteiger partial charge is 0.469 e. The van der Waals surface area contributed by atoms with Crippen LogP contribution in [-0.4, -0.2) is 58.0 Å². The number of benzene rings is 1. The molecule has 0 unspecified atom stereocenters. The lowest BCUT2D eigenvalue weighted by Gasteiger charge is -2.33. The fraction of sp³-hybridized carbons (Fsp3) is 0.600. The monoisotopic (exact) mass is 552 g/mol. The predicted octanol–water partition coefficient (Wildman–Crippen LogP) is 2.34. The first-order valence-corrected chi connectivity index (χ1v) is 11.2. The van der Waals surface area contributed by atoms with E-state index in [2.05, 4.69) is 19.9 Å². The van der Waals surface area contributed by atoms with Gasteiger partial charge < -0.3 is 15.0 Å². The third-order valence-electron chi connectivity index (χ3n) is 4.68. The summed E-state index contributed by atoms with van der Waals surface area (Å²) in [6, 6.07) is 6.93. The Morgan fingerprint density at radius 1 is 1.23 bits per heavy atom. The molecule has 1 heterocycles. The topological polar surface area (TPSA) is 100 Å². The number of ether oxygens (including phenoxy) is 1. The summed E-state index contributed by atoms with van der Waals surface area (Å²) in [6.45, 7) is 7.13. The van der Waals surface area contributed by atoms with E-state index in [0.717, 1.165) is 0 Å². The lowest BCUT2D eigenvalue weighted by molar-refractivity contribution is -0.146. The maximum absolute atomic E-state index is 12.8. The number of nitrogens with one attached hydrogen (secondary N) is 2. The molecule has 1 aromatic carbocycles. The van der Waals surface area contributed by atoms with Crippen molar-refractivity contribution in [3.63, 3.8) is 0 Å². The van der Waals surface area contributed by atoms with Gasteiger partial charge >= 0.3 is 5.97 Å². The summed E-state index contributed by atoms with van der Waals surface area (Å²) in [6.07, 6.45) is 1.40. The van der Waals surface area contributed by atoms with E-state index >= 15 is 0 Å². The van der Waals surface area contributed by atoms with E-state index in [-0.39, 0.29) is 40.8 Å². The smallest absolute Gasteiger partial charge is 0.308 e. The van der Waals surface area contributed by atoms with E-state index in [1.54, 1.807) is 25.2 Å². The van der Waals surface area contributed by atoms with Crippen LogP contribution in [0.1, 0.15) is 39.2 Å². The van der Waals surface area contributed by atoms with Crippen LogP contribution in [0.3, 0.4) is 0 Å². The van der Waals surface area contributed by atoms with Gasteiger partial charge in [0.15, 0.2) is 5.96 Å². The van der Waals surface area contributed by atoms with Gasteiger partial charge in [-0.25, -0.2) is 13.1 Å². The van der Waals surface area contributed by atoms with Crippen LogP contribution >= 0.6 is 24.0 Å². The molecule has 1 aliphatic heterocycles. The molecular weight excluding hydrogens is 519 g/mol. The van der Waals surface area contributed by atoms with Gasteiger partial charge in [0.1, 0.15) is 0 Å². The van der Waals surface area contributed by atoms with Gasteiger partial charge in [0.2, 0.25) is 10.0 Å². The molecule has 1 aromatic rings. The molecule has 10 heteroatoms. The van der Waals surface area contributed by atoms with Crippen LogP contribution in [0.4, 0.5) is 0 Å². The van der Waals surface area contributed by atoms with Gasteiger partial charge in [-0.05, 0) is 45.2 Å². The highest BCUT2D eigenvalue weighted by atomic mass is 127. The first-order chi connectivity index (χ1) is 13.6. The van der Waals surface area contributed by atoms with E-state index in [4.69, 9.17) is 4.74 Å². The molecule has 0 spiro atoms. The van der Waals surface area contributed by atoms with E-state index < -0.39 is 15.6 Å². The minimum absolute atomic E-state index is 0. The molecule has 2 rings (SSSR count). The Morgan fingerprint density at radius 3 is 2.37 bits per heavy atom. The average molecular weight is 552 g/mol. The number of hydrogen-bond donors (Lipinski definition) is 2. The van der Waals surface area contributed by atoms with Crippen LogP contribution in [-0.2, 0) is 26.1 Å². The molecule has 30 heavy (non-hydrogen) atoms. The average Bonchev–Trinajstić information content (AvgIpc) is 2.66. The van der Waals surface area contributed by atoms with Gasteiger partial charge in [-0.1, -0.05) is 18.2 Å². The van der Waals surface area contributed by atoms with Crippen LogP contribution in [0.15, 0.2) is 34.2 Å². The maximum atomic E-state index is 12.8. The van der Waals surface area contributed by atoms with Crippen LogP contribution in [0, 0.1) is 5.92 Å². The Kier molecular flexibility index (Phi) is 10.0. The summed E-state index contributed by atoms with van der Waals surface area (Å²) < 4.78 is 33.1. The minimum Gasteiger partial charge on any atom is -0.469 e. The van der Waals surface area contributed by atoms with Crippen LogP contribution in [0.25, 0.3) is 0 Å². The van der Waals surface area contributed by atoms with Crippen molar-refractivity contribution >= 4 is 45.9 Å². The minimum atomic E-state index is -3.64. The SMILES string of the molecule is CN=C(NCc1ccccc1S(=O)(=O)NC(C)(C)C)N1CCC(C(=O)OC)CC1.I. The summed E-state index contributed by atoms with van der Waals surface area (Å²) >= 11 is 0. The van der Waals surface area contributed by atoms with Gasteiger partial charge in [0.25, 0.3) is 0 Å². The van der Waals surface area contributed by atoms with Gasteiger partial charge in [-0.3, -0.25) is 9.79 Å². The van der Waals surface area contributed by atoms with Crippen molar-refractivity contribution in [3.8, 4) is 0 Å². The fourth-order valence-corrected chi connectivity index (χ4v) is 5.03. The highest BCUT2D eigenvalue weighted by Crippen LogP contribution is 2.20. The van der Waals surface area contributed by atoms with Crippen LogP contribution in [0.5, 0.6) is 0 Å². The number of methoxy groups -OCH3 is 1. The van der Waals surface area contributed by atoms with E-state index in [0.29, 0.717) is 44.0 Å². The van der Waals surface area contributed by atoms with E-state index in [1.165, 1.54) is 7.11 Å². The number of esters is 1. The molecule has 1 fully saturated rings. The number of rotatable bonds is 5. The lowest BCUT2D eigenvalue weighted by atomic mass is 9.97. The fourth-order valence-electron chi connectivity index (χ4n) is 3.37. The third kappa shape index (κ3) is 7.38. The Hall–Kier alpha value is -1.40. The first-order valence-electron chi connectivity index (χ1n) is 9.72. The number of sulfonamides is 1. The molecule has 0 aromatic heterocycles. The van der Waals surface area contributed by atoms with Crippen LogP contribution < -0.4 is 10.0 Å². The summed E-state index contributed by atoms with van der Waals surface area (Å²) in [7, 11) is -0.538. The quantitative estimate of drug-likeness (QED) is 0.252. The molecule has 0 bridgehead atoms. The molecule has 0 saturated carbocycles. The highest BCUT2D eigenvalue weighted by molar-refractivity contribution is 14.0. The number of guanidine groups is 1. The standard InChI is InChI=1S/C20H32N4O4S.HI/c1-20(2,3)23-29(26,27)17-9-7-6-8-16(17)14-22-19(21-4)24-12-10-15(11-13-24)18(25)28-5;/h6-9,15,23H,10-14H2,1-5H3,(H,21,22);1H. The molecule has 1 saturated heterocycles. The molecule has 0 radical (unpaired) electrons. The summed E-state index contributed by atoms with van der Waals surface area (Å²) in [5.41, 5.74) is 0.0918. The second kappa shape index (κ2) is 11.3. The molecular formula is C20H33IN4O4S. The molecule has 0 amide bonds. The highest BCUT2D eigenvalue weighted by Gasteiger charge is 2.28. The van der Waals surface area contributed by atoms with Gasteiger partial charge in [0, 0.05) is 32.2 Å². The molecule has 2 N–H and O–H groups in total. The second-order valence-electron chi connectivity index (χ2n) is 8.15. The molecule has 170 valence electrons. The van der Waals surface area contributed by atoms with Crippen molar-refractivity contribution in [3.05, 3.63) is 29.8 Å². The van der Waals surface area contributed by atoms with Crippen molar-refractivity contribution < 1.29 is 17.9 Å². The number of carbonyl (C=O) groups is 1. The molecule has 1 aliphatic rings. The van der Waals surface area contributed by atoms with Crippen molar-refractivity contribution in [2.45, 2.75) is 50.6 Å². The summed E-state index contributed by atoms with van der Waals surface area (Å²) in [5.74, 6) is 0.436. The number of likely N-dealkylation sites (tertiary alicyclic amines) is 1. The van der Waals surface area contributed by atoms with Crippen LogP contribution in [0.2, 0.25) is 0 Å². The number of halogens is 1. The zero-order valence-corrected chi connectivity index (χ0v) is 21.4. The van der Waals surface area contributed by atoms with Gasteiger partial charge in [-0.15, -0.1) is 24.0 Å². The molecule has 8 nitrogen and oxygen atoms in total. The Balaban J connectivity index is 0.00000450. The Labute approximate surface area is 196 Å². The normalized spacial score (nSPS) is 16.0. The molecule has 0 atom stereocenters. The van der Waals surface area contributed by atoms with Crippen molar-refractivity contribution in [1.82, 2.24) is 14.9 Å². The number of nitrogens with zero attached hydrogens (tertiary/aromatic N) is 2. The number of aliphatic imine (C=N–C) groups is 1. The number of piperidine rings is 1. The summed E-state index contributed by atoms with van der Waals surface area (Å²) in [4.78, 5) is 18.3. The Morgan fingerprint density at radius 2 is 1.83 bits per heavy atom. The molecule has 0 aliphatic carbocycles. The lowest BCUT2D eigenvalue weighted by Crippen LogP contribution is -2.46. The van der Waals surface area contributed by atoms with Crippen molar-refractivity contribution in [1.29, 1.82) is 0 Å². The third-order valence-corrected chi connectivity index (χ3v) is 6.54. The predicted molar refractivity (Wildman–Crippen MR) is 128 cm³/mol. The number of carbonyl (C=O) groups excluding carboxylic acids is 1. The second-order valence-corrected chi connectivity index (χ2v) is 9.80. The maximum Gasteiger partial charge on any atom is 0.308 e. The van der Waals surface area contributed by atoms with Gasteiger partial charge in [-0.2, -0.15) is 0 Å². The van der Waals surface area contributed by atoms with Crippen molar-refractivity contribution in [2.24, 2.45) is 10.9 Å². The van der Waals surface area contributed by atoms with E-state index in [9.17, 15) is 13.2 Å². The van der Waals surface area contributed by atoms with Crippen molar-refractivity contribution in [2.75, 3.05) is 27.2 Å². The zero-order valence-electron chi connectivity index (χ0n) is 18.3. The Bertz CT molecular complexity index is 845.